The molecule has 3 rings (SSSR count). The molecule has 0 bridgehead atoms. The molecule has 2 heterocycles. The maximum Gasteiger partial charge on any atom is 0.328 e. The van der Waals surface area contributed by atoms with E-state index in [1.807, 2.05) is 0 Å². The van der Waals surface area contributed by atoms with E-state index in [1.54, 1.807) is 24.0 Å². The largest absolute Gasteiger partial charge is 0.388 e. The molecule has 2 atom stereocenters. The van der Waals surface area contributed by atoms with Crippen LogP contribution in [0.4, 0.5) is 0 Å². The van der Waals surface area contributed by atoms with Gasteiger partial charge in [-0.25, -0.2) is 17.9 Å². The minimum Gasteiger partial charge on any atom is -0.388 e. The molecule has 1 aromatic carbocycles. The number of carbonyl (C=O) groups is 1. The van der Waals surface area contributed by atoms with Crippen LogP contribution in [0.1, 0.15) is 31.4 Å². The van der Waals surface area contributed by atoms with Gasteiger partial charge in [-0.1, -0.05) is 12.1 Å². The molecule has 0 aliphatic carbocycles. The Kier molecular flexibility index (Phi) is 6.48. The first-order valence-electron chi connectivity index (χ1n) is 9.87. The smallest absolute Gasteiger partial charge is 0.328 e. The molecule has 0 unspecified atom stereocenters. The van der Waals surface area contributed by atoms with E-state index in [0.717, 1.165) is 5.56 Å². The highest BCUT2D eigenvalue weighted by Gasteiger charge is 2.40. The van der Waals surface area contributed by atoms with Gasteiger partial charge < -0.3 is 10.0 Å². The first kappa shape index (κ1) is 22.9. The topological polar surface area (TPSA) is 142 Å². The zero-order valence-corrected chi connectivity index (χ0v) is 18.2. The standard InChI is InChI=1S/C20H26N4O6S/c1-20(28)10-12-23(13-16(20)24-11-9-17(25)22-19(24)27)18(26)8-5-14-3-6-15(7-4-14)31(29,30)21-2/h3-4,6-7,9,11,16,21,28H,5,8,10,12-13H2,1-2H3,(H,22,25,27)/t16-,20-/m1/s1. The molecule has 168 valence electrons. The number of benzene rings is 1. The molecular formula is C20H26N4O6S. The summed E-state index contributed by atoms with van der Waals surface area (Å²) in [5.41, 5.74) is -1.56. The molecule has 2 aromatic rings. The number of rotatable bonds is 6. The van der Waals surface area contributed by atoms with Crippen LogP contribution in [0, 0.1) is 0 Å². The van der Waals surface area contributed by atoms with E-state index in [9.17, 15) is 27.9 Å². The van der Waals surface area contributed by atoms with Gasteiger partial charge >= 0.3 is 5.69 Å². The molecule has 0 radical (unpaired) electrons. The summed E-state index contributed by atoms with van der Waals surface area (Å²) in [5.74, 6) is -0.134. The number of aromatic nitrogens is 2. The summed E-state index contributed by atoms with van der Waals surface area (Å²) in [7, 11) is -2.17. The fourth-order valence-electron chi connectivity index (χ4n) is 3.67. The summed E-state index contributed by atoms with van der Waals surface area (Å²) in [6, 6.07) is 6.82. The van der Waals surface area contributed by atoms with Crippen LogP contribution in [-0.4, -0.2) is 59.6 Å². The van der Waals surface area contributed by atoms with E-state index < -0.39 is 32.9 Å². The normalized spacial score (nSPS) is 21.8. The Hall–Kier alpha value is -2.76. The van der Waals surface area contributed by atoms with Crippen molar-refractivity contribution in [3.63, 3.8) is 0 Å². The maximum absolute atomic E-state index is 12.8. The summed E-state index contributed by atoms with van der Waals surface area (Å²) in [6.45, 7) is 2.09. The number of aliphatic hydroxyl groups is 1. The molecule has 1 amide bonds. The number of piperidine rings is 1. The van der Waals surface area contributed by atoms with E-state index in [1.165, 1.54) is 36.0 Å². The van der Waals surface area contributed by atoms with Crippen molar-refractivity contribution in [1.29, 1.82) is 0 Å². The molecule has 0 saturated carbocycles. The van der Waals surface area contributed by atoms with Gasteiger partial charge in [-0.15, -0.1) is 0 Å². The molecule has 1 aliphatic heterocycles. The van der Waals surface area contributed by atoms with Gasteiger partial charge in [-0.2, -0.15) is 0 Å². The quantitative estimate of drug-likeness (QED) is 0.547. The van der Waals surface area contributed by atoms with Crippen molar-refractivity contribution < 1.29 is 18.3 Å². The van der Waals surface area contributed by atoms with Crippen LogP contribution in [0.5, 0.6) is 0 Å². The number of sulfonamides is 1. The van der Waals surface area contributed by atoms with Crippen molar-refractivity contribution >= 4 is 15.9 Å². The number of nitrogens with one attached hydrogen (secondary N) is 2. The van der Waals surface area contributed by atoms with Gasteiger partial charge in [-0.05, 0) is 44.5 Å². The monoisotopic (exact) mass is 450 g/mol. The van der Waals surface area contributed by atoms with E-state index in [2.05, 4.69) is 9.71 Å². The van der Waals surface area contributed by atoms with Gasteiger partial charge in [0.1, 0.15) is 0 Å². The first-order valence-corrected chi connectivity index (χ1v) is 11.4. The second-order valence-corrected chi connectivity index (χ2v) is 9.72. The molecular weight excluding hydrogens is 424 g/mol. The number of aryl methyl sites for hydroxylation is 1. The number of amides is 1. The average molecular weight is 451 g/mol. The molecule has 1 aliphatic rings. The molecule has 3 N–H and O–H groups in total. The molecule has 11 heteroatoms. The van der Waals surface area contributed by atoms with E-state index in [0.29, 0.717) is 13.0 Å². The van der Waals surface area contributed by atoms with Crippen molar-refractivity contribution in [2.75, 3.05) is 20.1 Å². The number of hydrogen-bond donors (Lipinski definition) is 3. The first-order chi connectivity index (χ1) is 14.5. The van der Waals surface area contributed by atoms with Gasteiger partial charge in [0.2, 0.25) is 15.9 Å². The van der Waals surface area contributed by atoms with Crippen molar-refractivity contribution in [1.82, 2.24) is 19.2 Å². The van der Waals surface area contributed by atoms with E-state index in [-0.39, 0.29) is 30.2 Å². The van der Waals surface area contributed by atoms with Crippen LogP contribution in [0.25, 0.3) is 0 Å². The van der Waals surface area contributed by atoms with Crippen molar-refractivity contribution in [3.8, 4) is 0 Å². The molecule has 31 heavy (non-hydrogen) atoms. The number of nitrogens with zero attached hydrogens (tertiary/aromatic N) is 2. The Balaban J connectivity index is 1.68. The Morgan fingerprint density at radius 2 is 1.94 bits per heavy atom. The number of hydrogen-bond acceptors (Lipinski definition) is 6. The van der Waals surface area contributed by atoms with Crippen LogP contribution < -0.4 is 16.0 Å². The summed E-state index contributed by atoms with van der Waals surface area (Å²) >= 11 is 0. The van der Waals surface area contributed by atoms with Gasteiger partial charge in [0.05, 0.1) is 16.5 Å². The van der Waals surface area contributed by atoms with Crippen LogP contribution >= 0.6 is 0 Å². The third-order valence-corrected chi connectivity index (χ3v) is 7.10. The lowest BCUT2D eigenvalue weighted by atomic mass is 9.88. The zero-order chi connectivity index (χ0) is 22.8. The fourth-order valence-corrected chi connectivity index (χ4v) is 4.40. The molecule has 1 aromatic heterocycles. The zero-order valence-electron chi connectivity index (χ0n) is 17.4. The Morgan fingerprint density at radius 1 is 1.26 bits per heavy atom. The third-order valence-electron chi connectivity index (χ3n) is 5.67. The predicted molar refractivity (Wildman–Crippen MR) is 113 cm³/mol. The van der Waals surface area contributed by atoms with Crippen LogP contribution in [0.3, 0.4) is 0 Å². The van der Waals surface area contributed by atoms with Gasteiger partial charge in [0, 0.05) is 31.8 Å². The molecule has 10 nitrogen and oxygen atoms in total. The average Bonchev–Trinajstić information content (AvgIpc) is 2.73. The number of carbonyl (C=O) groups excluding carboxylic acids is 1. The summed E-state index contributed by atoms with van der Waals surface area (Å²) in [6.07, 6.45) is 2.24. The lowest BCUT2D eigenvalue weighted by Gasteiger charge is -2.43. The number of likely N-dealkylation sites (tertiary alicyclic amines) is 1. The van der Waals surface area contributed by atoms with Crippen LogP contribution in [-0.2, 0) is 21.2 Å². The Morgan fingerprint density at radius 3 is 2.55 bits per heavy atom. The molecule has 1 fully saturated rings. The summed E-state index contributed by atoms with van der Waals surface area (Å²) in [4.78, 5) is 40.2. The van der Waals surface area contributed by atoms with Gasteiger partial charge in [0.15, 0.2) is 0 Å². The van der Waals surface area contributed by atoms with Gasteiger partial charge in [-0.3, -0.25) is 19.1 Å². The van der Waals surface area contributed by atoms with Crippen LogP contribution in [0.2, 0.25) is 0 Å². The summed E-state index contributed by atoms with van der Waals surface area (Å²) in [5, 5.41) is 10.8. The second kappa shape index (κ2) is 8.77. The highest BCUT2D eigenvalue weighted by Crippen LogP contribution is 2.31. The predicted octanol–water partition coefficient (Wildman–Crippen LogP) is -0.398. The van der Waals surface area contributed by atoms with Gasteiger partial charge in [0.25, 0.3) is 5.56 Å². The minimum atomic E-state index is -3.51. The van der Waals surface area contributed by atoms with Crippen LogP contribution in [0.15, 0.2) is 51.0 Å². The number of H-pyrrole nitrogens is 1. The van der Waals surface area contributed by atoms with Crippen molar-refractivity contribution in [2.24, 2.45) is 0 Å². The van der Waals surface area contributed by atoms with E-state index >= 15 is 0 Å². The summed E-state index contributed by atoms with van der Waals surface area (Å²) < 4.78 is 27.1. The van der Waals surface area contributed by atoms with E-state index in [4.69, 9.17) is 0 Å². The van der Waals surface area contributed by atoms with Crippen molar-refractivity contribution in [2.45, 2.75) is 42.7 Å². The SMILES string of the molecule is CNS(=O)(=O)c1ccc(CCC(=O)N2CC[C@@](C)(O)[C@H](n3ccc(=O)[nH]c3=O)C2)cc1. The van der Waals surface area contributed by atoms with Crippen molar-refractivity contribution in [3.05, 3.63) is 62.9 Å². The second-order valence-electron chi connectivity index (χ2n) is 7.83. The molecule has 1 saturated heterocycles. The highest BCUT2D eigenvalue weighted by atomic mass is 32.2. The Labute approximate surface area is 179 Å². The lowest BCUT2D eigenvalue weighted by molar-refractivity contribution is -0.138. The molecule has 0 spiro atoms. The highest BCUT2D eigenvalue weighted by molar-refractivity contribution is 7.89. The fraction of sp³-hybridized carbons (Fsp3) is 0.450. The minimum absolute atomic E-state index is 0.134. The third kappa shape index (κ3) is 5.12. The maximum atomic E-state index is 12.8. The Bertz CT molecular complexity index is 1170. The lowest BCUT2D eigenvalue weighted by Crippen LogP contribution is -2.55. The number of aromatic amines is 1.